The van der Waals surface area contributed by atoms with E-state index < -0.39 is 0 Å². The molecule has 0 aromatic heterocycles. The average Bonchev–Trinajstić information content (AvgIpc) is 2.37. The van der Waals surface area contributed by atoms with Crippen molar-refractivity contribution in [1.82, 2.24) is 0 Å². The molecule has 106 valence electrons. The molecule has 1 aromatic carbocycles. The van der Waals surface area contributed by atoms with Gasteiger partial charge in [0.25, 0.3) is 0 Å². The molecule has 1 rings (SSSR count). The largest absolute Gasteiger partial charge is 0.504 e. The van der Waals surface area contributed by atoms with E-state index in [0.717, 1.165) is 31.2 Å². The average molecular weight is 267 g/mol. The van der Waals surface area contributed by atoms with E-state index in [1.54, 1.807) is 6.07 Å². The summed E-state index contributed by atoms with van der Waals surface area (Å²) in [5.41, 5.74) is 6.05. The van der Waals surface area contributed by atoms with Gasteiger partial charge in [-0.1, -0.05) is 6.42 Å². The number of ether oxygens (including phenoxy) is 2. The number of methoxy groups -OCH3 is 2. The lowest BCUT2D eigenvalue weighted by Crippen LogP contribution is -2.09. The zero-order valence-corrected chi connectivity index (χ0v) is 11.4. The third-order valence-corrected chi connectivity index (χ3v) is 2.91. The van der Waals surface area contributed by atoms with Crippen molar-refractivity contribution in [3.8, 4) is 17.2 Å². The van der Waals surface area contributed by atoms with Crippen LogP contribution in [0.3, 0.4) is 0 Å². The van der Waals surface area contributed by atoms with Gasteiger partial charge in [-0.3, -0.25) is 4.79 Å². The van der Waals surface area contributed by atoms with Crippen molar-refractivity contribution in [3.05, 3.63) is 17.7 Å². The summed E-state index contributed by atoms with van der Waals surface area (Å²) < 4.78 is 10.2. The molecule has 0 unspecified atom stereocenters. The van der Waals surface area contributed by atoms with Crippen LogP contribution in [0.25, 0.3) is 0 Å². The minimum atomic E-state index is -0.260. The summed E-state index contributed by atoms with van der Waals surface area (Å²) in [4.78, 5) is 10.6. The summed E-state index contributed by atoms with van der Waals surface area (Å²) in [6.07, 6.45) is 3.90. The topological polar surface area (TPSA) is 81.8 Å². The second-order valence-corrected chi connectivity index (χ2v) is 4.38. The number of benzene rings is 1. The molecule has 0 atom stereocenters. The highest BCUT2D eigenvalue weighted by atomic mass is 16.5. The fourth-order valence-electron chi connectivity index (χ4n) is 1.95. The summed E-state index contributed by atoms with van der Waals surface area (Å²) in [6.45, 7) is 0. The number of rotatable bonds is 8. The summed E-state index contributed by atoms with van der Waals surface area (Å²) in [6, 6.07) is 3.53. The van der Waals surface area contributed by atoms with Crippen LogP contribution in [0.15, 0.2) is 12.1 Å². The lowest BCUT2D eigenvalue weighted by atomic mass is 10.0. The first-order chi connectivity index (χ1) is 9.08. The number of aromatic hydroxyl groups is 1. The number of nitrogens with two attached hydrogens (primary N) is 1. The standard InChI is InChI=1S/C14H21NO4/c1-18-12-9-10(8-11(16)14(12)19-2)6-4-3-5-7-13(15)17/h8-9,16H,3-7H2,1-2H3,(H2,15,17). The van der Waals surface area contributed by atoms with Gasteiger partial charge in [-0.25, -0.2) is 0 Å². The molecule has 1 amide bonds. The third kappa shape index (κ3) is 4.69. The van der Waals surface area contributed by atoms with Crippen molar-refractivity contribution < 1.29 is 19.4 Å². The van der Waals surface area contributed by atoms with Gasteiger partial charge in [0, 0.05) is 6.42 Å². The van der Waals surface area contributed by atoms with Gasteiger partial charge in [-0.2, -0.15) is 0 Å². The van der Waals surface area contributed by atoms with Gasteiger partial charge >= 0.3 is 0 Å². The number of amides is 1. The van der Waals surface area contributed by atoms with Crippen molar-refractivity contribution in [2.75, 3.05) is 14.2 Å². The maximum atomic E-state index is 10.6. The number of aryl methyl sites for hydroxylation is 1. The smallest absolute Gasteiger partial charge is 0.217 e. The second kappa shape index (κ2) is 7.51. The lowest BCUT2D eigenvalue weighted by molar-refractivity contribution is -0.118. The van der Waals surface area contributed by atoms with Crippen LogP contribution in [0, 0.1) is 0 Å². The normalized spacial score (nSPS) is 10.2. The molecule has 0 aliphatic carbocycles. The van der Waals surface area contributed by atoms with E-state index in [1.807, 2.05) is 6.07 Å². The van der Waals surface area contributed by atoms with Gasteiger partial charge in [-0.05, 0) is 37.0 Å². The molecule has 0 heterocycles. The van der Waals surface area contributed by atoms with Gasteiger partial charge in [0.05, 0.1) is 14.2 Å². The maximum Gasteiger partial charge on any atom is 0.217 e. The van der Waals surface area contributed by atoms with E-state index in [-0.39, 0.29) is 11.7 Å². The molecule has 0 radical (unpaired) electrons. The maximum absolute atomic E-state index is 10.6. The highest BCUT2D eigenvalue weighted by Crippen LogP contribution is 2.37. The Labute approximate surface area is 113 Å². The summed E-state index contributed by atoms with van der Waals surface area (Å²) in [5, 5.41) is 9.81. The zero-order chi connectivity index (χ0) is 14.3. The minimum Gasteiger partial charge on any atom is -0.504 e. The molecule has 0 bridgehead atoms. The van der Waals surface area contributed by atoms with Crippen molar-refractivity contribution in [3.63, 3.8) is 0 Å². The van der Waals surface area contributed by atoms with E-state index >= 15 is 0 Å². The van der Waals surface area contributed by atoms with E-state index in [2.05, 4.69) is 0 Å². The number of carbonyl (C=O) groups excluding carboxylic acids is 1. The van der Waals surface area contributed by atoms with Gasteiger partial charge in [0.1, 0.15) is 0 Å². The number of unbranched alkanes of at least 4 members (excludes halogenated alkanes) is 2. The molecule has 19 heavy (non-hydrogen) atoms. The predicted octanol–water partition coefficient (Wildman–Crippen LogP) is 2.00. The van der Waals surface area contributed by atoms with Crippen LogP contribution in [0.5, 0.6) is 17.2 Å². The van der Waals surface area contributed by atoms with Crippen LogP contribution >= 0.6 is 0 Å². The molecule has 0 saturated carbocycles. The lowest BCUT2D eigenvalue weighted by Gasteiger charge is -2.11. The molecule has 5 nitrogen and oxygen atoms in total. The minimum absolute atomic E-state index is 0.0778. The van der Waals surface area contributed by atoms with Crippen LogP contribution in [0.1, 0.15) is 31.2 Å². The first-order valence-electron chi connectivity index (χ1n) is 6.30. The number of carbonyl (C=O) groups is 1. The Morgan fingerprint density at radius 1 is 1.21 bits per heavy atom. The molecule has 1 aromatic rings. The number of hydrogen-bond acceptors (Lipinski definition) is 4. The quantitative estimate of drug-likeness (QED) is 0.706. The number of phenols is 1. The third-order valence-electron chi connectivity index (χ3n) is 2.91. The van der Waals surface area contributed by atoms with Gasteiger partial charge in [-0.15, -0.1) is 0 Å². The second-order valence-electron chi connectivity index (χ2n) is 4.38. The van der Waals surface area contributed by atoms with Gasteiger partial charge < -0.3 is 20.3 Å². The van der Waals surface area contributed by atoms with Crippen molar-refractivity contribution in [2.45, 2.75) is 32.1 Å². The van der Waals surface area contributed by atoms with Gasteiger partial charge in [0.15, 0.2) is 11.5 Å². The van der Waals surface area contributed by atoms with Crippen LogP contribution in [0.4, 0.5) is 0 Å². The van der Waals surface area contributed by atoms with Crippen molar-refractivity contribution in [1.29, 1.82) is 0 Å². The fraction of sp³-hybridized carbons (Fsp3) is 0.500. The molecule has 3 N–H and O–H groups in total. The Hall–Kier alpha value is -1.91. The molecular formula is C14H21NO4. The highest BCUT2D eigenvalue weighted by molar-refractivity contribution is 5.73. The molecule has 0 spiro atoms. The Morgan fingerprint density at radius 3 is 2.53 bits per heavy atom. The zero-order valence-electron chi connectivity index (χ0n) is 11.4. The molecule has 0 aliphatic rings. The number of hydrogen-bond donors (Lipinski definition) is 2. The summed E-state index contributed by atoms with van der Waals surface area (Å²) in [7, 11) is 3.02. The Kier molecular flexibility index (Phi) is 5.99. The summed E-state index contributed by atoms with van der Waals surface area (Å²) in [5.74, 6) is 0.687. The molecule has 0 saturated heterocycles. The number of primary amides is 1. The van der Waals surface area contributed by atoms with Crippen molar-refractivity contribution in [2.24, 2.45) is 5.73 Å². The molecule has 0 aliphatic heterocycles. The first-order valence-corrected chi connectivity index (χ1v) is 6.30. The van der Waals surface area contributed by atoms with Crippen LogP contribution in [-0.4, -0.2) is 25.2 Å². The fourth-order valence-corrected chi connectivity index (χ4v) is 1.95. The first kappa shape index (κ1) is 15.1. The Bertz CT molecular complexity index is 432. The predicted molar refractivity (Wildman–Crippen MR) is 72.6 cm³/mol. The molecular weight excluding hydrogens is 246 g/mol. The van der Waals surface area contributed by atoms with Crippen molar-refractivity contribution >= 4 is 5.91 Å². The van der Waals surface area contributed by atoms with E-state index in [0.29, 0.717) is 17.9 Å². The van der Waals surface area contributed by atoms with Crippen LogP contribution < -0.4 is 15.2 Å². The molecule has 0 fully saturated rings. The monoisotopic (exact) mass is 267 g/mol. The highest BCUT2D eigenvalue weighted by Gasteiger charge is 2.11. The molecule has 5 heteroatoms. The van der Waals surface area contributed by atoms with E-state index in [1.165, 1.54) is 14.2 Å². The van der Waals surface area contributed by atoms with Gasteiger partial charge in [0.2, 0.25) is 11.7 Å². The number of phenolic OH excluding ortho intramolecular Hbond substituents is 1. The van der Waals surface area contributed by atoms with E-state index in [9.17, 15) is 9.90 Å². The Morgan fingerprint density at radius 2 is 1.95 bits per heavy atom. The van der Waals surface area contributed by atoms with E-state index in [4.69, 9.17) is 15.2 Å². The van der Waals surface area contributed by atoms with Crippen LogP contribution in [0.2, 0.25) is 0 Å². The van der Waals surface area contributed by atoms with Crippen LogP contribution in [-0.2, 0) is 11.2 Å². The SMILES string of the molecule is COc1cc(CCCCCC(N)=O)cc(O)c1OC. The Balaban J connectivity index is 2.55. The summed E-state index contributed by atoms with van der Waals surface area (Å²) >= 11 is 0.